The first-order valence-corrected chi connectivity index (χ1v) is 4.46. The number of hydrogen-bond acceptors (Lipinski definition) is 1. The van der Waals surface area contributed by atoms with Crippen molar-refractivity contribution >= 4 is 0 Å². The fourth-order valence-electron chi connectivity index (χ4n) is 1.57. The summed E-state index contributed by atoms with van der Waals surface area (Å²) in [6, 6.07) is 0.839. The molecule has 1 radical (unpaired) electrons. The van der Waals surface area contributed by atoms with E-state index in [1.54, 1.807) is 0 Å². The minimum absolute atomic E-state index is 0.839. The van der Waals surface area contributed by atoms with E-state index >= 15 is 0 Å². The molecule has 0 saturated carbocycles. The lowest BCUT2D eigenvalue weighted by Crippen LogP contribution is -2.20. The van der Waals surface area contributed by atoms with Crippen molar-refractivity contribution in [2.45, 2.75) is 44.6 Å². The molecule has 1 heterocycles. The topological polar surface area (TPSA) is 12.0 Å². The van der Waals surface area contributed by atoms with Crippen molar-refractivity contribution < 1.29 is 0 Å². The van der Waals surface area contributed by atoms with Gasteiger partial charge in [-0.05, 0) is 25.8 Å². The van der Waals surface area contributed by atoms with Gasteiger partial charge in [-0.15, -0.1) is 0 Å². The standard InChI is InChI=1S/C9H18N/c1-2-3-4-6-9-7-5-8-10-9/h9-10H,1-8H2. The predicted octanol–water partition coefficient (Wildman–Crippen LogP) is 2.13. The lowest BCUT2D eigenvalue weighted by molar-refractivity contribution is 0.524. The van der Waals surface area contributed by atoms with Gasteiger partial charge in [0.05, 0.1) is 0 Å². The van der Waals surface area contributed by atoms with E-state index in [0.717, 1.165) is 12.5 Å². The van der Waals surface area contributed by atoms with Crippen molar-refractivity contribution in [3.05, 3.63) is 6.92 Å². The number of rotatable bonds is 4. The van der Waals surface area contributed by atoms with Crippen LogP contribution in [0.4, 0.5) is 0 Å². The molecule has 1 aliphatic heterocycles. The van der Waals surface area contributed by atoms with Crippen LogP contribution in [0, 0.1) is 6.92 Å². The van der Waals surface area contributed by atoms with Crippen LogP contribution in [0.2, 0.25) is 0 Å². The van der Waals surface area contributed by atoms with E-state index in [-0.39, 0.29) is 0 Å². The second-order valence-electron chi connectivity index (χ2n) is 3.14. The zero-order chi connectivity index (χ0) is 7.23. The summed E-state index contributed by atoms with van der Waals surface area (Å²) in [6.45, 7) is 5.07. The maximum Gasteiger partial charge on any atom is 0.00675 e. The highest BCUT2D eigenvalue weighted by Gasteiger charge is 2.12. The van der Waals surface area contributed by atoms with Gasteiger partial charge in [-0.2, -0.15) is 0 Å². The maximum absolute atomic E-state index is 3.83. The van der Waals surface area contributed by atoms with Crippen LogP contribution in [0.15, 0.2) is 0 Å². The molecule has 0 aromatic rings. The number of unbranched alkanes of at least 4 members (excludes halogenated alkanes) is 2. The normalized spacial score (nSPS) is 25.5. The molecule has 1 nitrogen and oxygen atoms in total. The molecule has 0 aromatic heterocycles. The third kappa shape index (κ3) is 2.70. The highest BCUT2D eigenvalue weighted by molar-refractivity contribution is 4.73. The Morgan fingerprint density at radius 2 is 2.30 bits per heavy atom. The van der Waals surface area contributed by atoms with Crippen LogP contribution >= 0.6 is 0 Å². The minimum Gasteiger partial charge on any atom is -0.314 e. The third-order valence-corrected chi connectivity index (χ3v) is 2.21. The fourth-order valence-corrected chi connectivity index (χ4v) is 1.57. The van der Waals surface area contributed by atoms with Crippen LogP contribution in [-0.4, -0.2) is 12.6 Å². The molecule has 1 fully saturated rings. The van der Waals surface area contributed by atoms with Gasteiger partial charge in [0, 0.05) is 6.04 Å². The Bertz CT molecular complexity index is 74.8. The van der Waals surface area contributed by atoms with Gasteiger partial charge in [0.15, 0.2) is 0 Å². The first-order valence-electron chi connectivity index (χ1n) is 4.46. The van der Waals surface area contributed by atoms with Crippen molar-refractivity contribution in [1.29, 1.82) is 0 Å². The van der Waals surface area contributed by atoms with Gasteiger partial charge >= 0.3 is 0 Å². The van der Waals surface area contributed by atoms with Gasteiger partial charge in [0.25, 0.3) is 0 Å². The highest BCUT2D eigenvalue weighted by atomic mass is 14.9. The van der Waals surface area contributed by atoms with Crippen molar-refractivity contribution in [1.82, 2.24) is 5.32 Å². The molecular formula is C9H18N. The van der Waals surface area contributed by atoms with E-state index in [0.29, 0.717) is 0 Å². The number of nitrogens with one attached hydrogen (secondary N) is 1. The highest BCUT2D eigenvalue weighted by Crippen LogP contribution is 2.12. The van der Waals surface area contributed by atoms with E-state index in [2.05, 4.69) is 12.2 Å². The molecule has 1 unspecified atom stereocenters. The van der Waals surface area contributed by atoms with Gasteiger partial charge in [-0.1, -0.05) is 26.2 Å². The van der Waals surface area contributed by atoms with Crippen molar-refractivity contribution in [2.75, 3.05) is 6.54 Å². The molecule has 1 heteroatoms. The van der Waals surface area contributed by atoms with Gasteiger partial charge in [0.1, 0.15) is 0 Å². The van der Waals surface area contributed by atoms with E-state index in [1.807, 2.05) is 0 Å². The van der Waals surface area contributed by atoms with Crippen molar-refractivity contribution in [2.24, 2.45) is 0 Å². The lowest BCUT2D eigenvalue weighted by atomic mass is 10.1. The van der Waals surface area contributed by atoms with E-state index < -0.39 is 0 Å². The van der Waals surface area contributed by atoms with Crippen LogP contribution in [0.5, 0.6) is 0 Å². The molecule has 1 saturated heterocycles. The quantitative estimate of drug-likeness (QED) is 0.590. The maximum atomic E-state index is 3.83. The largest absolute Gasteiger partial charge is 0.314 e. The Labute approximate surface area is 64.2 Å². The SMILES string of the molecule is [CH2]CCCCC1CCCN1. The van der Waals surface area contributed by atoms with Gasteiger partial charge in [-0.3, -0.25) is 0 Å². The third-order valence-electron chi connectivity index (χ3n) is 2.21. The summed E-state index contributed by atoms with van der Waals surface area (Å²) in [5.74, 6) is 0. The average molecular weight is 140 g/mol. The summed E-state index contributed by atoms with van der Waals surface area (Å²) in [4.78, 5) is 0. The second kappa shape index (κ2) is 4.73. The van der Waals surface area contributed by atoms with E-state index in [1.165, 1.54) is 38.6 Å². The average Bonchev–Trinajstić information content (AvgIpc) is 2.41. The van der Waals surface area contributed by atoms with Crippen LogP contribution in [0.3, 0.4) is 0 Å². The molecule has 1 aliphatic rings. The Kier molecular flexibility index (Phi) is 3.81. The van der Waals surface area contributed by atoms with Crippen LogP contribution in [-0.2, 0) is 0 Å². The molecule has 0 amide bonds. The van der Waals surface area contributed by atoms with Crippen LogP contribution in [0.25, 0.3) is 0 Å². The molecule has 0 aromatic carbocycles. The summed E-state index contributed by atoms with van der Waals surface area (Å²) >= 11 is 0. The first kappa shape index (κ1) is 8.06. The summed E-state index contributed by atoms with van der Waals surface area (Å²) < 4.78 is 0. The first-order chi connectivity index (χ1) is 4.93. The van der Waals surface area contributed by atoms with E-state index in [9.17, 15) is 0 Å². The summed E-state index contributed by atoms with van der Waals surface area (Å²) in [5.41, 5.74) is 0. The molecule has 1 N–H and O–H groups in total. The van der Waals surface area contributed by atoms with Gasteiger partial charge in [0.2, 0.25) is 0 Å². The smallest absolute Gasteiger partial charge is 0.00675 e. The van der Waals surface area contributed by atoms with Crippen LogP contribution in [0.1, 0.15) is 38.5 Å². The van der Waals surface area contributed by atoms with Crippen molar-refractivity contribution in [3.63, 3.8) is 0 Å². The molecule has 1 atom stereocenters. The minimum atomic E-state index is 0.839. The van der Waals surface area contributed by atoms with Gasteiger partial charge in [-0.25, -0.2) is 0 Å². The molecule has 0 aliphatic carbocycles. The molecule has 10 heavy (non-hydrogen) atoms. The molecule has 59 valence electrons. The Hall–Kier alpha value is -0.0400. The fraction of sp³-hybridized carbons (Fsp3) is 0.889. The molecular weight excluding hydrogens is 122 g/mol. The van der Waals surface area contributed by atoms with E-state index in [4.69, 9.17) is 0 Å². The number of hydrogen-bond donors (Lipinski definition) is 1. The van der Waals surface area contributed by atoms with Crippen LogP contribution < -0.4 is 5.32 Å². The molecule has 1 rings (SSSR count). The monoisotopic (exact) mass is 140 g/mol. The second-order valence-corrected chi connectivity index (χ2v) is 3.14. The summed E-state index contributed by atoms with van der Waals surface area (Å²) in [7, 11) is 0. The zero-order valence-electron chi connectivity index (χ0n) is 6.73. The summed E-state index contributed by atoms with van der Waals surface area (Å²) in [6.07, 6.45) is 7.92. The van der Waals surface area contributed by atoms with Gasteiger partial charge < -0.3 is 5.32 Å². The Morgan fingerprint density at radius 3 is 2.90 bits per heavy atom. The molecule has 0 spiro atoms. The Morgan fingerprint density at radius 1 is 1.40 bits per heavy atom. The molecule has 0 bridgehead atoms. The summed E-state index contributed by atoms with van der Waals surface area (Å²) in [5, 5.41) is 3.50. The lowest BCUT2D eigenvalue weighted by Gasteiger charge is -2.07. The zero-order valence-corrected chi connectivity index (χ0v) is 6.73. The Balaban J connectivity index is 1.91. The van der Waals surface area contributed by atoms with Crippen molar-refractivity contribution in [3.8, 4) is 0 Å². The predicted molar refractivity (Wildman–Crippen MR) is 44.8 cm³/mol.